The Balaban J connectivity index is 1.99. The maximum absolute atomic E-state index is 9.29. The summed E-state index contributed by atoms with van der Waals surface area (Å²) >= 11 is 0. The number of nitrogens with one attached hydrogen (secondary N) is 1. The van der Waals surface area contributed by atoms with Crippen LogP contribution in [0.1, 0.15) is 12.5 Å². The Kier molecular flexibility index (Phi) is 3.54. The monoisotopic (exact) mass is 283 g/mol. The molecule has 7 nitrogen and oxygen atoms in total. The molecule has 3 heterocycles. The van der Waals surface area contributed by atoms with Crippen molar-refractivity contribution in [2.45, 2.75) is 13.0 Å². The minimum atomic E-state index is 0.377. The Morgan fingerprint density at radius 3 is 2.95 bits per heavy atom. The fourth-order valence-electron chi connectivity index (χ4n) is 2.49. The molecule has 2 aromatic heterocycles. The topological polar surface area (TPSA) is 82.7 Å². The number of anilines is 1. The first kappa shape index (κ1) is 13.5. The predicted molar refractivity (Wildman–Crippen MR) is 78.6 cm³/mol. The first-order chi connectivity index (χ1) is 10.2. The van der Waals surface area contributed by atoms with Crippen LogP contribution in [0.4, 0.5) is 5.82 Å². The Bertz CT molecular complexity index is 685. The second-order valence-corrected chi connectivity index (χ2v) is 5.25. The normalized spacial score (nSPS) is 18.5. The van der Waals surface area contributed by atoms with E-state index in [0.717, 1.165) is 25.2 Å². The van der Waals surface area contributed by atoms with Gasteiger partial charge < -0.3 is 10.2 Å². The third kappa shape index (κ3) is 2.71. The van der Waals surface area contributed by atoms with Crippen LogP contribution < -0.4 is 10.2 Å². The van der Waals surface area contributed by atoms with Gasteiger partial charge in [0.1, 0.15) is 11.6 Å². The highest BCUT2D eigenvalue weighted by Gasteiger charge is 2.21. The second-order valence-electron chi connectivity index (χ2n) is 5.25. The van der Waals surface area contributed by atoms with Crippen LogP contribution >= 0.6 is 0 Å². The molecule has 0 saturated carbocycles. The molecular formula is C14H17N7. The molecule has 108 valence electrons. The van der Waals surface area contributed by atoms with Gasteiger partial charge in [0.05, 0.1) is 18.0 Å². The molecule has 0 radical (unpaired) electrons. The Labute approximate surface area is 123 Å². The van der Waals surface area contributed by atoms with E-state index in [2.05, 4.69) is 38.3 Å². The van der Waals surface area contributed by atoms with Gasteiger partial charge in [-0.2, -0.15) is 10.4 Å². The summed E-state index contributed by atoms with van der Waals surface area (Å²) in [7, 11) is 1.85. The SMILES string of the molecule is C[C@@H]1CN(c2nc(-c3cnn(C)c3)ncc2C#N)CCN1. The minimum Gasteiger partial charge on any atom is -0.353 e. The van der Waals surface area contributed by atoms with E-state index in [0.29, 0.717) is 23.2 Å². The maximum atomic E-state index is 9.29. The second kappa shape index (κ2) is 5.50. The van der Waals surface area contributed by atoms with Crippen LogP contribution in [0, 0.1) is 11.3 Å². The predicted octanol–water partition coefficient (Wildman–Crippen LogP) is 0.547. The van der Waals surface area contributed by atoms with Crippen molar-refractivity contribution < 1.29 is 0 Å². The molecule has 0 bridgehead atoms. The maximum Gasteiger partial charge on any atom is 0.164 e. The molecule has 1 atom stereocenters. The van der Waals surface area contributed by atoms with Crippen LogP contribution in [-0.4, -0.2) is 45.4 Å². The van der Waals surface area contributed by atoms with E-state index in [1.54, 1.807) is 17.1 Å². The van der Waals surface area contributed by atoms with Crippen molar-refractivity contribution in [1.29, 1.82) is 5.26 Å². The van der Waals surface area contributed by atoms with Crippen molar-refractivity contribution in [2.24, 2.45) is 7.05 Å². The lowest BCUT2D eigenvalue weighted by atomic mass is 10.2. The number of piperazine rings is 1. The van der Waals surface area contributed by atoms with Crippen LogP contribution in [0.25, 0.3) is 11.4 Å². The third-order valence-electron chi connectivity index (χ3n) is 3.52. The fraction of sp³-hybridized carbons (Fsp3) is 0.429. The molecule has 0 aliphatic carbocycles. The van der Waals surface area contributed by atoms with Gasteiger partial charge in [-0.25, -0.2) is 9.97 Å². The van der Waals surface area contributed by atoms with Crippen LogP contribution in [0.3, 0.4) is 0 Å². The van der Waals surface area contributed by atoms with Gasteiger partial charge in [-0.05, 0) is 6.92 Å². The number of aromatic nitrogens is 4. The Morgan fingerprint density at radius 2 is 2.29 bits per heavy atom. The van der Waals surface area contributed by atoms with Gasteiger partial charge in [0.2, 0.25) is 0 Å². The average molecular weight is 283 g/mol. The third-order valence-corrected chi connectivity index (χ3v) is 3.52. The number of hydrogen-bond donors (Lipinski definition) is 1. The van der Waals surface area contributed by atoms with Crippen molar-refractivity contribution in [3.8, 4) is 17.5 Å². The van der Waals surface area contributed by atoms with Gasteiger partial charge in [0.15, 0.2) is 11.6 Å². The Hall–Kier alpha value is -2.46. The number of rotatable bonds is 2. The molecule has 1 fully saturated rings. The number of aryl methyl sites for hydroxylation is 1. The number of nitriles is 1. The van der Waals surface area contributed by atoms with Gasteiger partial charge in [-0.3, -0.25) is 4.68 Å². The van der Waals surface area contributed by atoms with Gasteiger partial charge in [-0.15, -0.1) is 0 Å². The van der Waals surface area contributed by atoms with E-state index in [9.17, 15) is 5.26 Å². The van der Waals surface area contributed by atoms with Crippen LogP contribution in [0.5, 0.6) is 0 Å². The van der Waals surface area contributed by atoms with Gasteiger partial charge in [0.25, 0.3) is 0 Å². The quantitative estimate of drug-likeness (QED) is 0.866. The number of nitrogens with zero attached hydrogens (tertiary/aromatic N) is 6. The van der Waals surface area contributed by atoms with Crippen LogP contribution in [0.15, 0.2) is 18.6 Å². The van der Waals surface area contributed by atoms with Gasteiger partial charge in [0, 0.05) is 38.9 Å². The van der Waals surface area contributed by atoms with E-state index in [-0.39, 0.29) is 0 Å². The van der Waals surface area contributed by atoms with E-state index in [1.807, 2.05) is 13.2 Å². The molecule has 0 aromatic carbocycles. The highest BCUT2D eigenvalue weighted by atomic mass is 15.3. The zero-order chi connectivity index (χ0) is 14.8. The first-order valence-electron chi connectivity index (χ1n) is 6.92. The van der Waals surface area contributed by atoms with Crippen LogP contribution in [-0.2, 0) is 7.05 Å². The molecule has 2 aromatic rings. The summed E-state index contributed by atoms with van der Waals surface area (Å²) in [5.41, 5.74) is 1.36. The average Bonchev–Trinajstić information content (AvgIpc) is 2.93. The summed E-state index contributed by atoms with van der Waals surface area (Å²) in [5.74, 6) is 1.31. The highest BCUT2D eigenvalue weighted by molar-refractivity contribution is 5.60. The van der Waals surface area contributed by atoms with E-state index >= 15 is 0 Å². The summed E-state index contributed by atoms with van der Waals surface area (Å²) in [6.07, 6.45) is 5.19. The Morgan fingerprint density at radius 1 is 1.43 bits per heavy atom. The molecule has 3 rings (SSSR count). The minimum absolute atomic E-state index is 0.377. The lowest BCUT2D eigenvalue weighted by molar-refractivity contribution is 0.482. The molecule has 1 aliphatic heterocycles. The van der Waals surface area contributed by atoms with Crippen LogP contribution in [0.2, 0.25) is 0 Å². The highest BCUT2D eigenvalue weighted by Crippen LogP contribution is 2.22. The molecule has 1 saturated heterocycles. The van der Waals surface area contributed by atoms with Crippen molar-refractivity contribution in [3.05, 3.63) is 24.2 Å². The van der Waals surface area contributed by atoms with Crippen molar-refractivity contribution >= 4 is 5.82 Å². The van der Waals surface area contributed by atoms with Crippen molar-refractivity contribution in [3.63, 3.8) is 0 Å². The van der Waals surface area contributed by atoms with Gasteiger partial charge in [-0.1, -0.05) is 0 Å². The first-order valence-corrected chi connectivity index (χ1v) is 6.92. The van der Waals surface area contributed by atoms with Crippen molar-refractivity contribution in [2.75, 3.05) is 24.5 Å². The summed E-state index contributed by atoms with van der Waals surface area (Å²) in [5, 5.41) is 16.8. The summed E-state index contributed by atoms with van der Waals surface area (Å²) in [6, 6.07) is 2.56. The molecule has 1 aliphatic rings. The standard InChI is InChI=1S/C14H17N7/c1-10-8-21(4-3-16-10)14-11(5-15)6-17-13(19-14)12-7-18-20(2)9-12/h6-7,9-10,16H,3-4,8H2,1-2H3/t10-/m1/s1. The van der Waals surface area contributed by atoms with Crippen molar-refractivity contribution in [1.82, 2.24) is 25.1 Å². The van der Waals surface area contributed by atoms with E-state index in [4.69, 9.17) is 0 Å². The van der Waals surface area contributed by atoms with E-state index in [1.165, 1.54) is 0 Å². The summed E-state index contributed by atoms with van der Waals surface area (Å²) < 4.78 is 1.71. The molecular weight excluding hydrogens is 266 g/mol. The molecule has 1 N–H and O–H groups in total. The molecule has 0 unspecified atom stereocenters. The lowest BCUT2D eigenvalue weighted by Gasteiger charge is -2.33. The molecule has 7 heteroatoms. The molecule has 0 amide bonds. The molecule has 0 spiro atoms. The molecule has 21 heavy (non-hydrogen) atoms. The zero-order valence-electron chi connectivity index (χ0n) is 12.1. The van der Waals surface area contributed by atoms with E-state index < -0.39 is 0 Å². The largest absolute Gasteiger partial charge is 0.353 e. The fourth-order valence-corrected chi connectivity index (χ4v) is 2.49. The summed E-state index contributed by atoms with van der Waals surface area (Å²) in [4.78, 5) is 11.0. The van der Waals surface area contributed by atoms with Gasteiger partial charge >= 0.3 is 0 Å². The number of hydrogen-bond acceptors (Lipinski definition) is 6. The summed E-state index contributed by atoms with van der Waals surface area (Å²) in [6.45, 7) is 4.68. The smallest absolute Gasteiger partial charge is 0.164 e. The lowest BCUT2D eigenvalue weighted by Crippen LogP contribution is -2.49. The zero-order valence-corrected chi connectivity index (χ0v) is 12.1.